The van der Waals surface area contributed by atoms with Crippen LogP contribution < -0.4 is 10.5 Å². The van der Waals surface area contributed by atoms with Gasteiger partial charge in [-0.25, -0.2) is 8.42 Å². The van der Waals surface area contributed by atoms with Crippen LogP contribution in [0.15, 0.2) is 41.3 Å². The van der Waals surface area contributed by atoms with E-state index < -0.39 is 9.84 Å². The molecule has 21 heavy (non-hydrogen) atoms. The largest absolute Gasteiger partial charge is 0.496 e. The van der Waals surface area contributed by atoms with E-state index in [0.717, 1.165) is 11.1 Å². The SMILES string of the molecule is COc1ccc(C)cc1CS(=O)(=O)c1cccc(C)c1N. The molecule has 0 radical (unpaired) electrons. The number of methoxy groups -OCH3 is 1. The van der Waals surface area contributed by atoms with Crippen LogP contribution in [0.3, 0.4) is 0 Å². The average Bonchev–Trinajstić information content (AvgIpc) is 2.41. The Labute approximate surface area is 125 Å². The fraction of sp³-hybridized carbons (Fsp3) is 0.250. The Morgan fingerprint density at radius 2 is 1.86 bits per heavy atom. The second-order valence-electron chi connectivity index (χ2n) is 5.06. The predicted molar refractivity (Wildman–Crippen MR) is 84.2 cm³/mol. The monoisotopic (exact) mass is 305 g/mol. The molecule has 112 valence electrons. The summed E-state index contributed by atoms with van der Waals surface area (Å²) in [4.78, 5) is 0.172. The second-order valence-corrected chi connectivity index (χ2v) is 7.02. The molecule has 5 heteroatoms. The highest BCUT2D eigenvalue weighted by Gasteiger charge is 2.21. The fourth-order valence-electron chi connectivity index (χ4n) is 2.23. The Bertz CT molecular complexity index is 767. The summed E-state index contributed by atoms with van der Waals surface area (Å²) in [6, 6.07) is 10.5. The molecule has 2 aromatic rings. The lowest BCUT2D eigenvalue weighted by molar-refractivity contribution is 0.411. The van der Waals surface area contributed by atoms with Crippen LogP contribution in [0.4, 0.5) is 5.69 Å². The number of hydrogen-bond donors (Lipinski definition) is 1. The molecule has 0 saturated carbocycles. The molecule has 2 N–H and O–H groups in total. The Morgan fingerprint density at radius 1 is 1.14 bits per heavy atom. The number of sulfone groups is 1. The number of hydrogen-bond acceptors (Lipinski definition) is 4. The van der Waals surface area contributed by atoms with E-state index in [1.54, 1.807) is 31.2 Å². The van der Waals surface area contributed by atoms with E-state index in [-0.39, 0.29) is 10.6 Å². The highest BCUT2D eigenvalue weighted by molar-refractivity contribution is 7.90. The first kappa shape index (κ1) is 15.4. The van der Waals surface area contributed by atoms with Crippen LogP contribution in [0.2, 0.25) is 0 Å². The molecule has 0 unspecified atom stereocenters. The lowest BCUT2D eigenvalue weighted by Crippen LogP contribution is -2.09. The first-order chi connectivity index (χ1) is 9.85. The number of ether oxygens (including phenoxy) is 1. The molecule has 0 amide bonds. The summed E-state index contributed by atoms with van der Waals surface area (Å²) in [5.41, 5.74) is 8.60. The van der Waals surface area contributed by atoms with Gasteiger partial charge in [0.2, 0.25) is 0 Å². The van der Waals surface area contributed by atoms with Crippen LogP contribution in [0, 0.1) is 13.8 Å². The van der Waals surface area contributed by atoms with E-state index in [1.807, 2.05) is 19.1 Å². The third-order valence-electron chi connectivity index (χ3n) is 3.40. The van der Waals surface area contributed by atoms with Crippen LogP contribution >= 0.6 is 0 Å². The Hall–Kier alpha value is -2.01. The van der Waals surface area contributed by atoms with Gasteiger partial charge in [0.05, 0.1) is 23.4 Å². The van der Waals surface area contributed by atoms with Crippen LogP contribution in [-0.4, -0.2) is 15.5 Å². The molecule has 2 aromatic carbocycles. The molecule has 0 fully saturated rings. The van der Waals surface area contributed by atoms with Gasteiger partial charge in [-0.05, 0) is 31.5 Å². The maximum Gasteiger partial charge on any atom is 0.184 e. The molecule has 0 heterocycles. The predicted octanol–water partition coefficient (Wildman–Crippen LogP) is 2.87. The summed E-state index contributed by atoms with van der Waals surface area (Å²) in [6.45, 7) is 3.71. The van der Waals surface area contributed by atoms with Gasteiger partial charge in [0, 0.05) is 5.56 Å². The third-order valence-corrected chi connectivity index (χ3v) is 5.12. The molecule has 0 bridgehead atoms. The summed E-state index contributed by atoms with van der Waals surface area (Å²) in [7, 11) is -1.99. The minimum absolute atomic E-state index is 0.133. The maximum absolute atomic E-state index is 12.6. The summed E-state index contributed by atoms with van der Waals surface area (Å²) < 4.78 is 30.5. The van der Waals surface area contributed by atoms with E-state index in [4.69, 9.17) is 10.5 Å². The first-order valence-corrected chi connectivity index (χ1v) is 8.22. The van der Waals surface area contributed by atoms with Gasteiger partial charge in [-0.15, -0.1) is 0 Å². The Morgan fingerprint density at radius 3 is 2.52 bits per heavy atom. The van der Waals surface area contributed by atoms with Gasteiger partial charge < -0.3 is 10.5 Å². The third kappa shape index (κ3) is 3.19. The maximum atomic E-state index is 12.6. The van der Waals surface area contributed by atoms with Crippen molar-refractivity contribution in [2.75, 3.05) is 12.8 Å². The van der Waals surface area contributed by atoms with Gasteiger partial charge in [-0.3, -0.25) is 0 Å². The van der Waals surface area contributed by atoms with E-state index in [1.165, 1.54) is 7.11 Å². The molecule has 0 aliphatic heterocycles. The van der Waals surface area contributed by atoms with Gasteiger partial charge in [0.1, 0.15) is 5.75 Å². The van der Waals surface area contributed by atoms with Crippen LogP contribution in [0.25, 0.3) is 0 Å². The summed E-state index contributed by atoms with van der Waals surface area (Å²) in [5, 5.41) is 0. The number of para-hydroxylation sites is 1. The lowest BCUT2D eigenvalue weighted by atomic mass is 10.1. The molecule has 4 nitrogen and oxygen atoms in total. The topological polar surface area (TPSA) is 69.4 Å². The van der Waals surface area contributed by atoms with Gasteiger partial charge in [0.15, 0.2) is 9.84 Å². The molecule has 0 aliphatic carbocycles. The molecule has 0 aliphatic rings. The Kier molecular flexibility index (Phi) is 4.23. The smallest absolute Gasteiger partial charge is 0.184 e. The highest BCUT2D eigenvalue weighted by atomic mass is 32.2. The minimum atomic E-state index is -3.52. The van der Waals surface area contributed by atoms with Crippen molar-refractivity contribution in [3.63, 3.8) is 0 Å². The highest BCUT2D eigenvalue weighted by Crippen LogP contribution is 2.28. The molecule has 0 spiro atoms. The van der Waals surface area contributed by atoms with Crippen LogP contribution in [-0.2, 0) is 15.6 Å². The zero-order chi connectivity index (χ0) is 15.6. The molecule has 0 saturated heterocycles. The number of aryl methyl sites for hydroxylation is 2. The van der Waals surface area contributed by atoms with Crippen molar-refractivity contribution in [1.82, 2.24) is 0 Å². The molecule has 0 atom stereocenters. The number of nitrogens with two attached hydrogens (primary N) is 1. The van der Waals surface area contributed by atoms with Crippen molar-refractivity contribution in [3.8, 4) is 5.75 Å². The average molecular weight is 305 g/mol. The fourth-order valence-corrected chi connectivity index (χ4v) is 3.80. The quantitative estimate of drug-likeness (QED) is 0.882. The van der Waals surface area contributed by atoms with Crippen molar-refractivity contribution in [1.29, 1.82) is 0 Å². The second kappa shape index (κ2) is 5.77. The molecular weight excluding hydrogens is 286 g/mol. The summed E-state index contributed by atoms with van der Waals surface area (Å²) in [5.74, 6) is 0.432. The number of rotatable bonds is 4. The Balaban J connectivity index is 2.47. The first-order valence-electron chi connectivity index (χ1n) is 6.56. The van der Waals surface area contributed by atoms with Gasteiger partial charge in [-0.2, -0.15) is 0 Å². The zero-order valence-corrected chi connectivity index (χ0v) is 13.2. The van der Waals surface area contributed by atoms with Crippen molar-refractivity contribution in [2.45, 2.75) is 24.5 Å². The number of anilines is 1. The summed E-state index contributed by atoms with van der Waals surface area (Å²) >= 11 is 0. The molecular formula is C16H19NO3S. The standard InChI is InChI=1S/C16H19NO3S/c1-11-7-8-14(20-3)13(9-11)10-21(18,19)15-6-4-5-12(2)16(15)17/h4-9H,10,17H2,1-3H3. The van der Waals surface area contributed by atoms with Crippen molar-refractivity contribution in [3.05, 3.63) is 53.1 Å². The van der Waals surface area contributed by atoms with E-state index in [9.17, 15) is 8.42 Å². The van der Waals surface area contributed by atoms with E-state index in [2.05, 4.69) is 0 Å². The van der Waals surface area contributed by atoms with Gasteiger partial charge in [0.25, 0.3) is 0 Å². The summed E-state index contributed by atoms with van der Waals surface area (Å²) in [6.07, 6.45) is 0. The zero-order valence-electron chi connectivity index (χ0n) is 12.4. The van der Waals surface area contributed by atoms with Crippen molar-refractivity contribution in [2.24, 2.45) is 0 Å². The molecule has 0 aromatic heterocycles. The van der Waals surface area contributed by atoms with Crippen LogP contribution in [0.1, 0.15) is 16.7 Å². The van der Waals surface area contributed by atoms with Crippen molar-refractivity contribution >= 4 is 15.5 Å². The number of nitrogen functional groups attached to an aromatic ring is 1. The number of benzene rings is 2. The van der Waals surface area contributed by atoms with E-state index >= 15 is 0 Å². The van der Waals surface area contributed by atoms with Crippen LogP contribution in [0.5, 0.6) is 5.75 Å². The van der Waals surface area contributed by atoms with E-state index in [0.29, 0.717) is 17.0 Å². The lowest BCUT2D eigenvalue weighted by Gasteiger charge is -2.12. The minimum Gasteiger partial charge on any atom is -0.496 e. The van der Waals surface area contributed by atoms with Gasteiger partial charge in [-0.1, -0.05) is 29.8 Å². The van der Waals surface area contributed by atoms with Crippen molar-refractivity contribution < 1.29 is 13.2 Å². The molecule has 2 rings (SSSR count). The normalized spacial score (nSPS) is 11.4. The van der Waals surface area contributed by atoms with Gasteiger partial charge >= 0.3 is 0 Å².